The molecule has 2 amide bonds. The number of aromatic nitrogens is 2. The molecule has 0 aliphatic carbocycles. The second-order valence-electron chi connectivity index (χ2n) is 11.6. The summed E-state index contributed by atoms with van der Waals surface area (Å²) >= 11 is 13.3. The van der Waals surface area contributed by atoms with Crippen molar-refractivity contribution < 1.29 is 28.2 Å². The molecule has 3 aromatic carbocycles. The second-order valence-corrected chi connectivity index (χ2v) is 12.3. The number of para-hydroxylation sites is 1. The molecule has 258 valence electrons. The Morgan fingerprint density at radius 2 is 1.68 bits per heavy atom. The van der Waals surface area contributed by atoms with E-state index in [9.17, 15) is 18.8 Å². The largest absolute Gasteiger partial charge is 0.488 e. The number of ether oxygens (including phenoxy) is 2. The van der Waals surface area contributed by atoms with E-state index in [4.69, 9.17) is 32.7 Å². The van der Waals surface area contributed by atoms with E-state index >= 15 is 0 Å². The van der Waals surface area contributed by atoms with Crippen molar-refractivity contribution in [3.63, 3.8) is 0 Å². The molecule has 12 heteroatoms. The van der Waals surface area contributed by atoms with Crippen LogP contribution in [0.25, 0.3) is 10.9 Å². The third-order valence-electron chi connectivity index (χ3n) is 8.10. The van der Waals surface area contributed by atoms with Crippen LogP contribution >= 0.6 is 23.2 Å². The zero-order chi connectivity index (χ0) is 35.8. The van der Waals surface area contributed by atoms with Crippen molar-refractivity contribution in [1.29, 1.82) is 0 Å². The Morgan fingerprint density at radius 3 is 2.42 bits per heavy atom. The molecular weight excluding hydrogens is 682 g/mol. The third kappa shape index (κ3) is 8.74. The highest BCUT2D eigenvalue weighted by Gasteiger charge is 2.20. The van der Waals surface area contributed by atoms with Crippen molar-refractivity contribution in [3.8, 4) is 11.5 Å². The summed E-state index contributed by atoms with van der Waals surface area (Å²) in [6, 6.07) is 20.3. The van der Waals surface area contributed by atoms with E-state index in [1.807, 2.05) is 13.0 Å². The molecule has 0 aliphatic heterocycles. The summed E-state index contributed by atoms with van der Waals surface area (Å²) < 4.78 is 26.4. The molecule has 50 heavy (non-hydrogen) atoms. The SMILES string of the molecule is CNC(=O)c1ccc(CCC(=O)CCC(=O)N(C)c2ccc(Cl)c(COc3cccc4c(OCc5ccccc5F)cc(C)nc34)c2Cl)cn1. The Bertz CT molecular complexity index is 2040. The predicted molar refractivity (Wildman–Crippen MR) is 192 cm³/mol. The standard InChI is InChI=1S/C38H35Cl2FN4O5/c1-23-19-34(49-21-25-7-4-5-9-30(25)41)27-8-6-10-33(37(27)44-23)50-22-28-29(39)15-17-32(36(28)40)45(3)35(47)18-14-26(46)13-11-24-12-16-31(43-20-24)38(48)42-2/h4-10,12,15-17,19-20H,11,13-14,18,21-22H2,1-3H3,(H,42,48). The number of amides is 2. The number of pyridine rings is 2. The van der Waals surface area contributed by atoms with Gasteiger partial charge in [-0.3, -0.25) is 19.4 Å². The molecule has 1 N–H and O–H groups in total. The lowest BCUT2D eigenvalue weighted by Crippen LogP contribution is -2.27. The fourth-order valence-corrected chi connectivity index (χ4v) is 5.84. The number of hydrogen-bond acceptors (Lipinski definition) is 7. The molecule has 0 saturated carbocycles. The van der Waals surface area contributed by atoms with Gasteiger partial charge >= 0.3 is 0 Å². The number of nitrogens with one attached hydrogen (secondary N) is 1. The Morgan fingerprint density at radius 1 is 0.900 bits per heavy atom. The van der Waals surface area contributed by atoms with E-state index in [0.717, 1.165) is 5.56 Å². The summed E-state index contributed by atoms with van der Waals surface area (Å²) in [7, 11) is 3.12. The van der Waals surface area contributed by atoms with Crippen molar-refractivity contribution in [1.82, 2.24) is 15.3 Å². The molecule has 5 rings (SSSR count). The zero-order valence-corrected chi connectivity index (χ0v) is 29.3. The minimum absolute atomic E-state index is 0.00365. The molecule has 0 spiro atoms. The van der Waals surface area contributed by atoms with Gasteiger partial charge in [0.25, 0.3) is 5.91 Å². The molecule has 2 heterocycles. The van der Waals surface area contributed by atoms with E-state index in [2.05, 4.69) is 15.3 Å². The number of nitrogens with zero attached hydrogens (tertiary/aromatic N) is 3. The molecule has 0 fully saturated rings. The van der Waals surface area contributed by atoms with Gasteiger partial charge in [0.05, 0.1) is 10.7 Å². The lowest BCUT2D eigenvalue weighted by molar-refractivity contribution is -0.123. The first-order chi connectivity index (χ1) is 24.0. The molecule has 0 bridgehead atoms. The van der Waals surface area contributed by atoms with Crippen LogP contribution in [0, 0.1) is 12.7 Å². The summed E-state index contributed by atoms with van der Waals surface area (Å²) in [5.41, 5.74) is 3.67. The molecule has 0 unspecified atom stereocenters. The van der Waals surface area contributed by atoms with Gasteiger partial charge in [-0.2, -0.15) is 0 Å². The van der Waals surface area contributed by atoms with Crippen molar-refractivity contribution >= 4 is 57.4 Å². The number of hydrogen-bond donors (Lipinski definition) is 1. The number of ketones is 1. The molecule has 0 aliphatic rings. The minimum atomic E-state index is -0.347. The third-order valence-corrected chi connectivity index (χ3v) is 8.88. The number of Topliss-reactive ketones (excluding diaryl/α,β-unsaturated/α-hetero) is 1. The fourth-order valence-electron chi connectivity index (χ4n) is 5.24. The molecule has 0 radical (unpaired) electrons. The Hall–Kier alpha value is -5.06. The highest BCUT2D eigenvalue weighted by Crippen LogP contribution is 2.37. The Balaban J connectivity index is 1.22. The van der Waals surface area contributed by atoms with Crippen LogP contribution in [-0.2, 0) is 29.2 Å². The van der Waals surface area contributed by atoms with Crippen LogP contribution in [-0.4, -0.2) is 41.7 Å². The molecule has 2 aromatic heterocycles. The first-order valence-corrected chi connectivity index (χ1v) is 16.6. The van der Waals surface area contributed by atoms with Crippen LogP contribution < -0.4 is 19.7 Å². The van der Waals surface area contributed by atoms with Gasteiger partial charge in [-0.1, -0.05) is 53.5 Å². The highest BCUT2D eigenvalue weighted by atomic mass is 35.5. The van der Waals surface area contributed by atoms with Gasteiger partial charge < -0.3 is 19.7 Å². The van der Waals surface area contributed by atoms with Crippen molar-refractivity contribution in [2.75, 3.05) is 19.0 Å². The van der Waals surface area contributed by atoms with Crippen molar-refractivity contribution in [3.05, 3.63) is 123 Å². The van der Waals surface area contributed by atoms with Gasteiger partial charge in [0.2, 0.25) is 5.91 Å². The maximum absolute atomic E-state index is 14.2. The number of carbonyl (C=O) groups is 3. The first-order valence-electron chi connectivity index (χ1n) is 15.9. The number of aryl methyl sites for hydroxylation is 2. The van der Waals surface area contributed by atoms with Gasteiger partial charge in [0.1, 0.15) is 47.5 Å². The van der Waals surface area contributed by atoms with Crippen molar-refractivity contribution in [2.24, 2.45) is 0 Å². The topological polar surface area (TPSA) is 111 Å². The van der Waals surface area contributed by atoms with E-state index in [1.165, 1.54) is 18.0 Å². The van der Waals surface area contributed by atoms with Crippen LogP contribution in [0.5, 0.6) is 11.5 Å². The lowest BCUT2D eigenvalue weighted by atomic mass is 10.1. The average molecular weight is 718 g/mol. The van der Waals surface area contributed by atoms with Gasteiger partial charge in [0.15, 0.2) is 0 Å². The maximum atomic E-state index is 14.2. The number of halogens is 3. The van der Waals surface area contributed by atoms with Crippen LogP contribution in [0.1, 0.15) is 52.1 Å². The molecule has 5 aromatic rings. The van der Waals surface area contributed by atoms with E-state index in [-0.39, 0.29) is 60.9 Å². The van der Waals surface area contributed by atoms with Crippen LogP contribution in [0.2, 0.25) is 10.0 Å². The van der Waals surface area contributed by atoms with Gasteiger partial charge in [0, 0.05) is 72.9 Å². The Kier molecular flexibility index (Phi) is 12.0. The van der Waals surface area contributed by atoms with Crippen molar-refractivity contribution in [2.45, 2.75) is 45.8 Å². The normalized spacial score (nSPS) is 10.9. The smallest absolute Gasteiger partial charge is 0.269 e. The zero-order valence-electron chi connectivity index (χ0n) is 27.8. The second kappa shape index (κ2) is 16.6. The van der Waals surface area contributed by atoms with Gasteiger partial charge in [-0.05, 0) is 55.3 Å². The highest BCUT2D eigenvalue weighted by molar-refractivity contribution is 6.38. The molecular formula is C38H35Cl2FN4O5. The molecule has 9 nitrogen and oxygen atoms in total. The quantitative estimate of drug-likeness (QED) is 0.125. The lowest BCUT2D eigenvalue weighted by Gasteiger charge is -2.21. The fraction of sp³-hybridized carbons (Fsp3) is 0.237. The van der Waals surface area contributed by atoms with Crippen LogP contribution in [0.3, 0.4) is 0 Å². The summed E-state index contributed by atoms with van der Waals surface area (Å²) in [4.78, 5) is 47.6. The number of fused-ring (bicyclic) bond motifs is 1. The predicted octanol–water partition coefficient (Wildman–Crippen LogP) is 7.85. The monoisotopic (exact) mass is 716 g/mol. The maximum Gasteiger partial charge on any atom is 0.269 e. The van der Waals surface area contributed by atoms with Gasteiger partial charge in [-0.15, -0.1) is 0 Å². The molecule has 0 saturated heterocycles. The summed E-state index contributed by atoms with van der Waals surface area (Å²) in [5, 5.41) is 3.79. The van der Waals surface area contributed by atoms with Crippen LogP contribution in [0.4, 0.5) is 10.1 Å². The summed E-state index contributed by atoms with van der Waals surface area (Å²) in [6.07, 6.45) is 2.32. The number of rotatable bonds is 14. The van der Waals surface area contributed by atoms with Crippen LogP contribution in [0.15, 0.2) is 79.0 Å². The summed E-state index contributed by atoms with van der Waals surface area (Å²) in [6.45, 7) is 1.85. The van der Waals surface area contributed by atoms with E-state index in [1.54, 1.807) is 73.9 Å². The van der Waals surface area contributed by atoms with Gasteiger partial charge in [-0.25, -0.2) is 9.37 Å². The molecule has 0 atom stereocenters. The minimum Gasteiger partial charge on any atom is -0.488 e. The summed E-state index contributed by atoms with van der Waals surface area (Å²) in [5.74, 6) is 0.000961. The number of carbonyl (C=O) groups excluding carboxylic acids is 3. The average Bonchev–Trinajstić information content (AvgIpc) is 3.12. The first kappa shape index (κ1) is 36.2. The number of anilines is 1. The number of benzene rings is 3. The van der Waals surface area contributed by atoms with E-state index in [0.29, 0.717) is 62.0 Å². The Labute approximate surface area is 299 Å². The van der Waals surface area contributed by atoms with E-state index < -0.39 is 0 Å².